The third-order valence-electron chi connectivity index (χ3n) is 3.86. The molecular weight excluding hydrogens is 314 g/mol. The highest BCUT2D eigenvalue weighted by Gasteiger charge is 2.18. The van der Waals surface area contributed by atoms with Gasteiger partial charge in [0.1, 0.15) is 0 Å². The minimum absolute atomic E-state index is 0.369. The zero-order valence-corrected chi connectivity index (χ0v) is 15.3. The first-order valence-corrected chi connectivity index (χ1v) is 8.61. The average Bonchev–Trinajstić information content (AvgIpc) is 2.66. The summed E-state index contributed by atoms with van der Waals surface area (Å²) in [5.74, 6) is 0. The second-order valence-corrected chi connectivity index (χ2v) is 7.20. The highest BCUT2D eigenvalue weighted by atomic mass is 79.9. The number of halogens is 1. The minimum Gasteiger partial charge on any atom is -0.311 e. The lowest BCUT2D eigenvalue weighted by atomic mass is 9.87. The minimum atomic E-state index is 0.369. The maximum atomic E-state index is 4.53. The molecule has 0 unspecified atom stereocenters. The third kappa shape index (κ3) is 5.21. The summed E-state index contributed by atoms with van der Waals surface area (Å²) in [5, 5.41) is 8.13. The Balaban J connectivity index is 2.46. The van der Waals surface area contributed by atoms with E-state index in [2.05, 4.69) is 54.0 Å². The summed E-state index contributed by atoms with van der Waals surface area (Å²) >= 11 is 3.67. The van der Waals surface area contributed by atoms with Crippen molar-refractivity contribution in [1.29, 1.82) is 0 Å². The SMILES string of the molecule is CCCCCC(C)(C)CNCc1c(Br)c(CC)nn1C. The van der Waals surface area contributed by atoms with Gasteiger partial charge in [0.15, 0.2) is 0 Å². The normalized spacial score (nSPS) is 12.1. The molecule has 0 saturated carbocycles. The molecule has 3 nitrogen and oxygen atoms in total. The van der Waals surface area contributed by atoms with Gasteiger partial charge in [-0.1, -0.05) is 47.0 Å². The first-order valence-electron chi connectivity index (χ1n) is 7.82. The molecule has 1 N–H and O–H groups in total. The molecule has 0 atom stereocenters. The van der Waals surface area contributed by atoms with Crippen molar-refractivity contribution >= 4 is 15.9 Å². The van der Waals surface area contributed by atoms with Crippen LogP contribution in [-0.2, 0) is 20.0 Å². The van der Waals surface area contributed by atoms with Crippen LogP contribution in [0.5, 0.6) is 0 Å². The van der Waals surface area contributed by atoms with E-state index in [0.717, 1.165) is 25.2 Å². The van der Waals surface area contributed by atoms with Gasteiger partial charge in [-0.2, -0.15) is 5.10 Å². The number of hydrogen-bond acceptors (Lipinski definition) is 2. The molecule has 1 aromatic rings. The number of aryl methyl sites for hydroxylation is 2. The van der Waals surface area contributed by atoms with E-state index in [1.165, 1.54) is 35.8 Å². The van der Waals surface area contributed by atoms with Crippen LogP contribution in [0.1, 0.15) is 64.8 Å². The predicted octanol–water partition coefficient (Wildman–Crippen LogP) is 4.44. The van der Waals surface area contributed by atoms with Gasteiger partial charge < -0.3 is 5.32 Å². The quantitative estimate of drug-likeness (QED) is 0.671. The molecule has 0 aliphatic heterocycles. The van der Waals surface area contributed by atoms with E-state index in [9.17, 15) is 0 Å². The Morgan fingerprint density at radius 1 is 1.25 bits per heavy atom. The summed E-state index contributed by atoms with van der Waals surface area (Å²) in [6.07, 6.45) is 6.24. The van der Waals surface area contributed by atoms with Crippen molar-refractivity contribution in [2.75, 3.05) is 6.54 Å². The second kappa shape index (κ2) is 8.18. The number of hydrogen-bond donors (Lipinski definition) is 1. The Morgan fingerprint density at radius 2 is 1.95 bits per heavy atom. The van der Waals surface area contributed by atoms with Crippen molar-refractivity contribution in [3.8, 4) is 0 Å². The predicted molar refractivity (Wildman–Crippen MR) is 89.9 cm³/mol. The Hall–Kier alpha value is -0.350. The summed E-state index contributed by atoms with van der Waals surface area (Å²) in [5.41, 5.74) is 2.76. The molecule has 1 rings (SSSR count). The lowest BCUT2D eigenvalue weighted by Gasteiger charge is -2.25. The zero-order chi connectivity index (χ0) is 15.2. The van der Waals surface area contributed by atoms with Crippen LogP contribution in [0.15, 0.2) is 4.47 Å². The maximum absolute atomic E-state index is 4.53. The Labute approximate surface area is 132 Å². The van der Waals surface area contributed by atoms with Gasteiger partial charge in [-0.25, -0.2) is 0 Å². The molecule has 4 heteroatoms. The van der Waals surface area contributed by atoms with Gasteiger partial charge in [-0.05, 0) is 34.2 Å². The van der Waals surface area contributed by atoms with E-state index >= 15 is 0 Å². The molecule has 0 bridgehead atoms. The van der Waals surface area contributed by atoms with Crippen LogP contribution in [0.2, 0.25) is 0 Å². The molecule has 0 amide bonds. The lowest BCUT2D eigenvalue weighted by molar-refractivity contribution is 0.300. The van der Waals surface area contributed by atoms with Gasteiger partial charge in [-0.15, -0.1) is 0 Å². The average molecular weight is 344 g/mol. The highest BCUT2D eigenvalue weighted by Crippen LogP contribution is 2.24. The topological polar surface area (TPSA) is 29.9 Å². The molecule has 0 aliphatic rings. The van der Waals surface area contributed by atoms with E-state index in [0.29, 0.717) is 5.41 Å². The first-order chi connectivity index (χ1) is 9.41. The van der Waals surface area contributed by atoms with E-state index in [1.807, 2.05) is 11.7 Å². The molecule has 0 aromatic carbocycles. The molecule has 1 aromatic heterocycles. The molecule has 0 aliphatic carbocycles. The number of nitrogens with zero attached hydrogens (tertiary/aromatic N) is 2. The fraction of sp³-hybridized carbons (Fsp3) is 0.812. The summed E-state index contributed by atoms with van der Waals surface area (Å²) in [6.45, 7) is 11.0. The first kappa shape index (κ1) is 17.7. The summed E-state index contributed by atoms with van der Waals surface area (Å²) in [7, 11) is 2.02. The molecule has 0 saturated heterocycles. The molecule has 0 fully saturated rings. The van der Waals surface area contributed by atoms with Crippen molar-refractivity contribution in [2.24, 2.45) is 12.5 Å². The molecule has 0 spiro atoms. The van der Waals surface area contributed by atoms with Crippen LogP contribution in [0.25, 0.3) is 0 Å². The fourth-order valence-corrected chi connectivity index (χ4v) is 3.23. The fourth-order valence-electron chi connectivity index (χ4n) is 2.47. The summed E-state index contributed by atoms with van der Waals surface area (Å²) in [4.78, 5) is 0. The number of aromatic nitrogens is 2. The number of unbranched alkanes of at least 4 members (excludes halogenated alkanes) is 2. The van der Waals surface area contributed by atoms with Gasteiger partial charge in [-0.3, -0.25) is 4.68 Å². The van der Waals surface area contributed by atoms with Crippen LogP contribution in [0.3, 0.4) is 0 Å². The highest BCUT2D eigenvalue weighted by molar-refractivity contribution is 9.10. The smallest absolute Gasteiger partial charge is 0.0767 e. The lowest BCUT2D eigenvalue weighted by Crippen LogP contribution is -2.29. The second-order valence-electron chi connectivity index (χ2n) is 6.41. The third-order valence-corrected chi connectivity index (χ3v) is 4.77. The number of rotatable bonds is 9. The van der Waals surface area contributed by atoms with E-state index < -0.39 is 0 Å². The summed E-state index contributed by atoms with van der Waals surface area (Å²) < 4.78 is 3.15. The van der Waals surface area contributed by atoms with Crippen LogP contribution < -0.4 is 5.32 Å². The molecule has 20 heavy (non-hydrogen) atoms. The summed E-state index contributed by atoms with van der Waals surface area (Å²) in [6, 6.07) is 0. The monoisotopic (exact) mass is 343 g/mol. The Morgan fingerprint density at radius 3 is 2.50 bits per heavy atom. The van der Waals surface area contributed by atoms with Gasteiger partial charge >= 0.3 is 0 Å². The van der Waals surface area contributed by atoms with Crippen LogP contribution in [0, 0.1) is 5.41 Å². The number of nitrogens with one attached hydrogen (secondary N) is 1. The van der Waals surface area contributed by atoms with Crippen molar-refractivity contribution in [3.63, 3.8) is 0 Å². The van der Waals surface area contributed by atoms with Gasteiger partial charge in [0.25, 0.3) is 0 Å². The van der Waals surface area contributed by atoms with Gasteiger partial charge in [0.05, 0.1) is 15.9 Å². The van der Waals surface area contributed by atoms with Crippen molar-refractivity contribution in [3.05, 3.63) is 15.9 Å². The van der Waals surface area contributed by atoms with Gasteiger partial charge in [0, 0.05) is 20.1 Å². The largest absolute Gasteiger partial charge is 0.311 e. The van der Waals surface area contributed by atoms with E-state index in [-0.39, 0.29) is 0 Å². The molecule has 1 heterocycles. The Bertz CT molecular complexity index is 410. The van der Waals surface area contributed by atoms with Crippen LogP contribution >= 0.6 is 15.9 Å². The van der Waals surface area contributed by atoms with Crippen molar-refractivity contribution in [1.82, 2.24) is 15.1 Å². The van der Waals surface area contributed by atoms with E-state index in [4.69, 9.17) is 0 Å². The molecule has 116 valence electrons. The van der Waals surface area contributed by atoms with Crippen molar-refractivity contribution in [2.45, 2.75) is 66.3 Å². The van der Waals surface area contributed by atoms with Crippen LogP contribution in [-0.4, -0.2) is 16.3 Å². The molecular formula is C16H30BrN3. The standard InChI is InChI=1S/C16H30BrN3/c1-6-8-9-10-16(3,4)12-18-11-14-15(17)13(7-2)19-20(14)5/h18H,6-12H2,1-5H3. The van der Waals surface area contributed by atoms with Crippen molar-refractivity contribution < 1.29 is 0 Å². The zero-order valence-electron chi connectivity index (χ0n) is 13.7. The van der Waals surface area contributed by atoms with E-state index in [1.54, 1.807) is 0 Å². The van der Waals surface area contributed by atoms with Crippen LogP contribution in [0.4, 0.5) is 0 Å². The maximum Gasteiger partial charge on any atom is 0.0767 e. The van der Waals surface area contributed by atoms with Gasteiger partial charge in [0.2, 0.25) is 0 Å². The Kier molecular flexibility index (Phi) is 7.24. The molecule has 0 radical (unpaired) electrons.